The predicted octanol–water partition coefficient (Wildman–Crippen LogP) is 3.24. The van der Waals surface area contributed by atoms with Crippen molar-refractivity contribution in [2.75, 3.05) is 19.5 Å². The van der Waals surface area contributed by atoms with E-state index in [9.17, 15) is 28.5 Å². The fourth-order valence-corrected chi connectivity index (χ4v) is 2.23. The number of alkyl halides is 2. The van der Waals surface area contributed by atoms with Gasteiger partial charge in [-0.2, -0.15) is 8.78 Å². The molecule has 1 N–H and O–H groups in total. The van der Waals surface area contributed by atoms with Crippen LogP contribution >= 0.6 is 0 Å². The second-order valence-electron chi connectivity index (χ2n) is 5.22. The lowest BCUT2D eigenvalue weighted by Crippen LogP contribution is -2.14. The summed E-state index contributed by atoms with van der Waals surface area (Å²) in [5, 5.41) is 13.4. The van der Waals surface area contributed by atoms with Gasteiger partial charge in [0, 0.05) is 29.4 Å². The van der Waals surface area contributed by atoms with Gasteiger partial charge in [-0.15, -0.1) is 0 Å². The Labute approximate surface area is 157 Å². The van der Waals surface area contributed by atoms with Crippen molar-refractivity contribution in [3.63, 3.8) is 0 Å². The van der Waals surface area contributed by atoms with E-state index in [0.29, 0.717) is 0 Å². The maximum absolute atomic E-state index is 12.5. The smallest absolute Gasteiger partial charge is 0.387 e. The largest absolute Gasteiger partial charge is 0.493 e. The number of hydrogen-bond donors (Lipinski definition) is 1. The Balaban J connectivity index is 2.35. The second kappa shape index (κ2) is 8.75. The van der Waals surface area contributed by atoms with E-state index in [1.54, 1.807) is 0 Å². The van der Waals surface area contributed by atoms with Crippen molar-refractivity contribution >= 4 is 23.3 Å². The van der Waals surface area contributed by atoms with Gasteiger partial charge in [0.25, 0.3) is 11.6 Å². The fraction of sp³-hybridized carbons (Fsp3) is 0.176. The predicted molar refractivity (Wildman–Crippen MR) is 92.0 cm³/mol. The van der Waals surface area contributed by atoms with Gasteiger partial charge in [0.2, 0.25) is 0 Å². The van der Waals surface area contributed by atoms with Gasteiger partial charge in [0.05, 0.1) is 24.7 Å². The number of anilines is 1. The summed E-state index contributed by atoms with van der Waals surface area (Å²) >= 11 is 0. The lowest BCUT2D eigenvalue weighted by Gasteiger charge is -2.12. The van der Waals surface area contributed by atoms with Gasteiger partial charge in [-0.3, -0.25) is 14.9 Å². The lowest BCUT2D eigenvalue weighted by atomic mass is 10.1. The average Bonchev–Trinajstić information content (AvgIpc) is 2.66. The fourth-order valence-electron chi connectivity index (χ4n) is 2.23. The van der Waals surface area contributed by atoms with Crippen LogP contribution in [0.2, 0.25) is 0 Å². The van der Waals surface area contributed by atoms with E-state index in [1.807, 2.05) is 0 Å². The molecule has 11 heteroatoms. The molecule has 148 valence electrons. The molecule has 9 nitrogen and oxygen atoms in total. The van der Waals surface area contributed by atoms with Crippen LogP contribution in [0.25, 0.3) is 0 Å². The number of non-ortho nitro benzene ring substituents is 1. The van der Waals surface area contributed by atoms with Gasteiger partial charge in [0.1, 0.15) is 0 Å². The van der Waals surface area contributed by atoms with Crippen LogP contribution in [0.15, 0.2) is 36.4 Å². The molecule has 0 unspecified atom stereocenters. The van der Waals surface area contributed by atoms with Crippen LogP contribution in [-0.2, 0) is 4.74 Å². The van der Waals surface area contributed by atoms with Crippen LogP contribution in [0.3, 0.4) is 0 Å². The highest BCUT2D eigenvalue weighted by molar-refractivity contribution is 6.06. The molecular formula is C17H14F2N2O7. The van der Waals surface area contributed by atoms with Gasteiger partial charge in [-0.05, 0) is 18.2 Å². The molecule has 28 heavy (non-hydrogen) atoms. The Morgan fingerprint density at radius 1 is 1.07 bits per heavy atom. The summed E-state index contributed by atoms with van der Waals surface area (Å²) in [4.78, 5) is 34.4. The van der Waals surface area contributed by atoms with Crippen molar-refractivity contribution in [1.29, 1.82) is 0 Å². The maximum Gasteiger partial charge on any atom is 0.387 e. The highest BCUT2D eigenvalue weighted by Crippen LogP contribution is 2.31. The van der Waals surface area contributed by atoms with Crippen molar-refractivity contribution in [2.45, 2.75) is 6.61 Å². The van der Waals surface area contributed by atoms with Gasteiger partial charge in [0.15, 0.2) is 11.5 Å². The highest BCUT2D eigenvalue weighted by atomic mass is 19.3. The number of rotatable bonds is 7. The molecule has 0 saturated heterocycles. The van der Waals surface area contributed by atoms with Gasteiger partial charge >= 0.3 is 12.6 Å². The van der Waals surface area contributed by atoms with E-state index in [4.69, 9.17) is 4.74 Å². The first-order valence-corrected chi connectivity index (χ1v) is 7.57. The number of hydrogen-bond acceptors (Lipinski definition) is 7. The molecule has 2 aromatic carbocycles. The molecule has 0 saturated carbocycles. The zero-order chi connectivity index (χ0) is 20.8. The third kappa shape index (κ3) is 4.90. The number of nitro benzene ring substituents is 1. The minimum absolute atomic E-state index is 0.0154. The van der Waals surface area contributed by atoms with Crippen molar-refractivity contribution in [3.05, 3.63) is 57.6 Å². The third-order valence-corrected chi connectivity index (χ3v) is 3.45. The van der Waals surface area contributed by atoms with Gasteiger partial charge < -0.3 is 19.5 Å². The number of benzene rings is 2. The zero-order valence-corrected chi connectivity index (χ0v) is 14.6. The van der Waals surface area contributed by atoms with Crippen LogP contribution in [0.5, 0.6) is 11.5 Å². The molecule has 0 aliphatic carbocycles. The molecule has 2 rings (SSSR count). The van der Waals surface area contributed by atoms with Crippen LogP contribution in [0, 0.1) is 10.1 Å². The summed E-state index contributed by atoms with van der Waals surface area (Å²) in [5.74, 6) is -1.98. The normalized spacial score (nSPS) is 10.3. The Hall–Kier alpha value is -3.76. The van der Waals surface area contributed by atoms with Crippen LogP contribution in [-0.4, -0.2) is 37.6 Å². The molecule has 0 bridgehead atoms. The number of methoxy groups -OCH3 is 2. The molecule has 0 heterocycles. The highest BCUT2D eigenvalue weighted by Gasteiger charge is 2.19. The molecule has 0 radical (unpaired) electrons. The zero-order valence-electron chi connectivity index (χ0n) is 14.6. The van der Waals surface area contributed by atoms with Crippen LogP contribution in [0.1, 0.15) is 20.7 Å². The summed E-state index contributed by atoms with van der Waals surface area (Å²) in [5.41, 5.74) is -0.836. The maximum atomic E-state index is 12.5. The molecule has 2 aromatic rings. The van der Waals surface area contributed by atoms with Gasteiger partial charge in [-0.1, -0.05) is 0 Å². The number of nitrogens with zero attached hydrogens (tertiary/aromatic N) is 1. The molecule has 0 aliphatic rings. The van der Waals surface area contributed by atoms with Crippen LogP contribution in [0.4, 0.5) is 20.2 Å². The Morgan fingerprint density at radius 3 is 2.32 bits per heavy atom. The Bertz CT molecular complexity index is 918. The van der Waals surface area contributed by atoms with E-state index in [1.165, 1.54) is 19.2 Å². The number of nitro groups is 1. The molecule has 0 aliphatic heterocycles. The first-order valence-electron chi connectivity index (χ1n) is 7.57. The number of nitrogens with one attached hydrogen (secondary N) is 1. The van der Waals surface area contributed by atoms with Gasteiger partial charge in [-0.25, -0.2) is 4.79 Å². The number of ether oxygens (including phenoxy) is 3. The summed E-state index contributed by atoms with van der Waals surface area (Å²) in [6.07, 6.45) is 0. The molecule has 1 amide bonds. The molecule has 0 atom stereocenters. The molecule has 0 spiro atoms. The lowest BCUT2D eigenvalue weighted by molar-refractivity contribution is -0.384. The quantitative estimate of drug-likeness (QED) is 0.434. The Kier molecular flexibility index (Phi) is 6.42. The SMILES string of the molecule is COC(=O)c1cc(C(=O)Nc2ccc(OC)c(OC(F)F)c2)cc([N+](=O)[O-])c1. The topological polar surface area (TPSA) is 117 Å². The van der Waals surface area contributed by atoms with E-state index in [2.05, 4.69) is 14.8 Å². The minimum atomic E-state index is -3.11. The van der Waals surface area contributed by atoms with E-state index in [-0.39, 0.29) is 28.3 Å². The number of carbonyl (C=O) groups excluding carboxylic acids is 2. The van der Waals surface area contributed by atoms with Crippen LogP contribution < -0.4 is 14.8 Å². The number of carbonyl (C=O) groups is 2. The summed E-state index contributed by atoms with van der Waals surface area (Å²) in [7, 11) is 2.34. The monoisotopic (exact) mass is 396 g/mol. The van der Waals surface area contributed by atoms with Crippen molar-refractivity contribution in [1.82, 2.24) is 0 Å². The molecule has 0 aromatic heterocycles. The third-order valence-electron chi connectivity index (χ3n) is 3.45. The van der Waals surface area contributed by atoms with Crippen molar-refractivity contribution in [2.24, 2.45) is 0 Å². The number of esters is 1. The first kappa shape index (κ1) is 20.6. The van der Waals surface area contributed by atoms with E-state index in [0.717, 1.165) is 31.4 Å². The molecular weight excluding hydrogens is 382 g/mol. The van der Waals surface area contributed by atoms with E-state index < -0.39 is 29.1 Å². The summed E-state index contributed by atoms with van der Waals surface area (Å²) < 4.78 is 38.7. The number of halogens is 2. The molecule has 0 fully saturated rings. The van der Waals surface area contributed by atoms with Crippen molar-refractivity contribution in [3.8, 4) is 11.5 Å². The second-order valence-corrected chi connectivity index (χ2v) is 5.22. The van der Waals surface area contributed by atoms with Crippen molar-refractivity contribution < 1.29 is 37.5 Å². The Morgan fingerprint density at radius 2 is 1.75 bits per heavy atom. The first-order chi connectivity index (χ1) is 13.2. The summed E-state index contributed by atoms with van der Waals surface area (Å²) in [6, 6.07) is 6.77. The average molecular weight is 396 g/mol. The summed E-state index contributed by atoms with van der Waals surface area (Å²) in [6.45, 7) is -3.11. The number of amides is 1. The van der Waals surface area contributed by atoms with E-state index >= 15 is 0 Å². The standard InChI is InChI=1S/C17H14F2N2O7/c1-26-13-4-3-11(8-14(13)28-17(18)19)20-15(22)9-5-10(16(23)27-2)7-12(6-9)21(24)25/h3-8,17H,1-2H3,(H,20,22). The minimum Gasteiger partial charge on any atom is -0.493 e.